The first-order valence-corrected chi connectivity index (χ1v) is 6.45. The van der Waals surface area contributed by atoms with Crippen LogP contribution in [0.25, 0.3) is 0 Å². The Morgan fingerprint density at radius 3 is 2.64 bits per heavy atom. The van der Waals surface area contributed by atoms with Crippen molar-refractivity contribution in [1.82, 2.24) is 5.43 Å². The average molecular weight is 302 g/mol. The predicted octanol–water partition coefficient (Wildman–Crippen LogP) is 2.61. The van der Waals surface area contributed by atoms with Gasteiger partial charge in [0.05, 0.1) is 26.0 Å². The van der Waals surface area contributed by atoms with Gasteiger partial charge in [0.15, 0.2) is 0 Å². The van der Waals surface area contributed by atoms with Crippen molar-refractivity contribution < 1.29 is 18.7 Å². The van der Waals surface area contributed by atoms with Gasteiger partial charge in [0.25, 0.3) is 5.91 Å². The molecule has 22 heavy (non-hydrogen) atoms. The largest absolute Gasteiger partial charge is 0.497 e. The number of ether oxygens (including phenoxy) is 2. The number of carbonyl (C=O) groups excluding carboxylic acids is 1. The van der Waals surface area contributed by atoms with E-state index in [2.05, 4.69) is 10.5 Å². The van der Waals surface area contributed by atoms with Crippen LogP contribution in [-0.2, 0) is 0 Å². The van der Waals surface area contributed by atoms with Gasteiger partial charge in [-0.15, -0.1) is 0 Å². The van der Waals surface area contributed by atoms with E-state index in [1.807, 2.05) is 0 Å². The molecule has 5 nitrogen and oxygen atoms in total. The molecule has 1 amide bonds. The van der Waals surface area contributed by atoms with Crippen LogP contribution in [0.5, 0.6) is 11.5 Å². The van der Waals surface area contributed by atoms with Gasteiger partial charge in [-0.25, -0.2) is 9.82 Å². The second-order valence-corrected chi connectivity index (χ2v) is 4.29. The van der Waals surface area contributed by atoms with E-state index in [0.717, 1.165) is 0 Å². The van der Waals surface area contributed by atoms with Crippen molar-refractivity contribution in [3.05, 3.63) is 59.4 Å². The monoisotopic (exact) mass is 302 g/mol. The lowest BCUT2D eigenvalue weighted by Gasteiger charge is -2.07. The second kappa shape index (κ2) is 7.21. The Labute approximate surface area is 127 Å². The minimum atomic E-state index is -0.623. The van der Waals surface area contributed by atoms with Crippen LogP contribution >= 0.6 is 0 Å². The van der Waals surface area contributed by atoms with Crippen molar-refractivity contribution in [3.8, 4) is 11.5 Å². The number of benzene rings is 2. The van der Waals surface area contributed by atoms with E-state index >= 15 is 0 Å². The van der Waals surface area contributed by atoms with Crippen molar-refractivity contribution in [1.29, 1.82) is 0 Å². The number of hydrogen-bond donors (Lipinski definition) is 1. The number of amides is 1. The second-order valence-electron chi connectivity index (χ2n) is 4.29. The van der Waals surface area contributed by atoms with Gasteiger partial charge in [0, 0.05) is 11.6 Å². The molecular formula is C16H15FN2O3. The highest BCUT2D eigenvalue weighted by Crippen LogP contribution is 2.22. The summed E-state index contributed by atoms with van der Waals surface area (Å²) in [6.45, 7) is 0. The highest BCUT2D eigenvalue weighted by Gasteiger charge is 2.09. The fourth-order valence-corrected chi connectivity index (χ4v) is 1.79. The maximum Gasteiger partial charge on any atom is 0.274 e. The van der Waals surface area contributed by atoms with Crippen molar-refractivity contribution in [2.24, 2.45) is 5.10 Å². The first-order valence-electron chi connectivity index (χ1n) is 6.45. The summed E-state index contributed by atoms with van der Waals surface area (Å²) >= 11 is 0. The zero-order valence-corrected chi connectivity index (χ0v) is 12.2. The minimum Gasteiger partial charge on any atom is -0.497 e. The van der Waals surface area contributed by atoms with Crippen molar-refractivity contribution >= 4 is 12.1 Å². The molecule has 0 atom stereocenters. The summed E-state index contributed by atoms with van der Waals surface area (Å²) in [5.74, 6) is -0.0355. The molecular weight excluding hydrogens is 287 g/mol. The molecule has 0 aromatic heterocycles. The maximum absolute atomic E-state index is 13.4. The molecule has 6 heteroatoms. The lowest BCUT2D eigenvalue weighted by Crippen LogP contribution is -2.19. The van der Waals surface area contributed by atoms with Crippen LogP contribution in [0.15, 0.2) is 47.6 Å². The molecule has 0 aliphatic heterocycles. The number of hydrogen-bond acceptors (Lipinski definition) is 4. The summed E-state index contributed by atoms with van der Waals surface area (Å²) in [7, 11) is 3.07. The quantitative estimate of drug-likeness (QED) is 0.682. The van der Waals surface area contributed by atoms with Crippen molar-refractivity contribution in [3.63, 3.8) is 0 Å². The van der Waals surface area contributed by atoms with E-state index in [-0.39, 0.29) is 5.56 Å². The summed E-state index contributed by atoms with van der Waals surface area (Å²) < 4.78 is 23.7. The molecule has 0 bridgehead atoms. The van der Waals surface area contributed by atoms with Crippen molar-refractivity contribution in [2.75, 3.05) is 14.2 Å². The van der Waals surface area contributed by atoms with Crippen molar-refractivity contribution in [2.45, 2.75) is 0 Å². The highest BCUT2D eigenvalue weighted by atomic mass is 19.1. The van der Waals surface area contributed by atoms with Crippen LogP contribution in [0, 0.1) is 5.82 Å². The topological polar surface area (TPSA) is 59.9 Å². The molecule has 2 rings (SSSR count). The summed E-state index contributed by atoms with van der Waals surface area (Å²) in [6.07, 6.45) is 1.41. The molecule has 0 unspecified atom stereocenters. The third kappa shape index (κ3) is 3.60. The summed E-state index contributed by atoms with van der Waals surface area (Å²) in [5, 5.41) is 3.81. The smallest absolute Gasteiger partial charge is 0.274 e. The lowest BCUT2D eigenvalue weighted by atomic mass is 10.2. The van der Waals surface area contributed by atoms with Gasteiger partial charge in [-0.2, -0.15) is 5.10 Å². The molecule has 0 aliphatic rings. The third-order valence-corrected chi connectivity index (χ3v) is 2.93. The van der Waals surface area contributed by atoms with Crippen LogP contribution in [-0.4, -0.2) is 26.3 Å². The van der Waals surface area contributed by atoms with Gasteiger partial charge in [-0.3, -0.25) is 4.79 Å². The number of hydrazone groups is 1. The Kier molecular flexibility index (Phi) is 5.08. The van der Waals surface area contributed by atoms with E-state index in [0.29, 0.717) is 17.1 Å². The zero-order valence-electron chi connectivity index (χ0n) is 12.2. The van der Waals surface area contributed by atoms with Gasteiger partial charge in [-0.1, -0.05) is 12.1 Å². The fourth-order valence-electron chi connectivity index (χ4n) is 1.79. The van der Waals surface area contributed by atoms with Gasteiger partial charge >= 0.3 is 0 Å². The predicted molar refractivity (Wildman–Crippen MR) is 81.0 cm³/mol. The number of nitrogens with one attached hydrogen (secondary N) is 1. The molecule has 114 valence electrons. The van der Waals surface area contributed by atoms with E-state index < -0.39 is 11.7 Å². The summed E-state index contributed by atoms with van der Waals surface area (Å²) in [5.41, 5.74) is 2.85. The number of methoxy groups -OCH3 is 2. The SMILES string of the molecule is COc1ccc(C=NNC(=O)c2ccccc2F)c(OC)c1. The van der Waals surface area contributed by atoms with Crippen LogP contribution < -0.4 is 14.9 Å². The first-order chi connectivity index (χ1) is 10.7. The molecule has 0 radical (unpaired) electrons. The Hall–Kier alpha value is -2.89. The van der Waals surface area contributed by atoms with Crippen LogP contribution in [0.3, 0.4) is 0 Å². The lowest BCUT2D eigenvalue weighted by molar-refractivity contribution is 0.0951. The van der Waals surface area contributed by atoms with E-state index in [9.17, 15) is 9.18 Å². The molecule has 0 heterocycles. The zero-order chi connectivity index (χ0) is 15.9. The number of rotatable bonds is 5. The fraction of sp³-hybridized carbons (Fsp3) is 0.125. The van der Waals surface area contributed by atoms with Gasteiger partial charge in [0.2, 0.25) is 0 Å². The Bertz CT molecular complexity index is 702. The first kappa shape index (κ1) is 15.5. The van der Waals surface area contributed by atoms with E-state index in [1.54, 1.807) is 31.4 Å². The van der Waals surface area contributed by atoms with Gasteiger partial charge < -0.3 is 9.47 Å². The molecule has 2 aromatic carbocycles. The van der Waals surface area contributed by atoms with E-state index in [4.69, 9.17) is 9.47 Å². The molecule has 0 spiro atoms. The molecule has 2 aromatic rings. The summed E-state index contributed by atoms with van der Waals surface area (Å²) in [4.78, 5) is 11.8. The number of halogens is 1. The van der Waals surface area contributed by atoms with Crippen LogP contribution in [0.4, 0.5) is 4.39 Å². The Morgan fingerprint density at radius 2 is 1.95 bits per heavy atom. The Morgan fingerprint density at radius 1 is 1.18 bits per heavy atom. The Balaban J connectivity index is 2.10. The molecule has 0 fully saturated rings. The minimum absolute atomic E-state index is 0.0682. The molecule has 0 aliphatic carbocycles. The highest BCUT2D eigenvalue weighted by molar-refractivity contribution is 5.95. The van der Waals surface area contributed by atoms with Gasteiger partial charge in [0.1, 0.15) is 17.3 Å². The standard InChI is InChI=1S/C16H15FN2O3/c1-21-12-8-7-11(15(9-12)22-2)10-18-19-16(20)13-5-3-4-6-14(13)17/h3-10H,1-2H3,(H,19,20). The number of nitrogens with zero attached hydrogens (tertiary/aromatic N) is 1. The normalized spacial score (nSPS) is 10.5. The molecule has 0 saturated carbocycles. The average Bonchev–Trinajstić information content (AvgIpc) is 2.55. The molecule has 0 saturated heterocycles. The maximum atomic E-state index is 13.4. The summed E-state index contributed by atoms with van der Waals surface area (Å²) in [6, 6.07) is 10.9. The van der Waals surface area contributed by atoms with Crippen LogP contribution in [0.1, 0.15) is 15.9 Å². The number of carbonyl (C=O) groups is 1. The molecule has 1 N–H and O–H groups in total. The third-order valence-electron chi connectivity index (χ3n) is 2.93. The van der Waals surface area contributed by atoms with E-state index in [1.165, 1.54) is 31.5 Å². The van der Waals surface area contributed by atoms with Crippen LogP contribution in [0.2, 0.25) is 0 Å². The van der Waals surface area contributed by atoms with Gasteiger partial charge in [-0.05, 0) is 24.3 Å².